The van der Waals surface area contributed by atoms with Crippen molar-refractivity contribution >= 4 is 11.4 Å². The highest BCUT2D eigenvalue weighted by molar-refractivity contribution is 5.97. The van der Waals surface area contributed by atoms with Crippen molar-refractivity contribution in [1.82, 2.24) is 19.4 Å². The predicted molar refractivity (Wildman–Crippen MR) is 134 cm³/mol. The average Bonchev–Trinajstić information content (AvgIpc) is 3.48. The maximum Gasteiger partial charge on any atom is 0.258 e. The molecule has 0 spiro atoms. The zero-order chi connectivity index (χ0) is 23.6. The molecule has 6 rings (SSSR count). The largest absolute Gasteiger partial charge is 0.491 e. The van der Waals surface area contributed by atoms with E-state index in [0.717, 1.165) is 65.0 Å². The van der Waals surface area contributed by atoms with Crippen LogP contribution >= 0.6 is 0 Å². The summed E-state index contributed by atoms with van der Waals surface area (Å²) in [5.74, 6) is 1.44. The molecule has 7 heteroatoms. The van der Waals surface area contributed by atoms with Crippen molar-refractivity contribution in [1.29, 1.82) is 0 Å². The topological polar surface area (TPSA) is 59.3 Å². The van der Waals surface area contributed by atoms with E-state index in [9.17, 15) is 4.79 Å². The number of carbonyl (C=O) groups is 1. The number of fused-ring (bicyclic) bond motifs is 3. The third-order valence-corrected chi connectivity index (χ3v) is 7.98. The molecule has 1 amide bonds. The number of nitrogens with zero attached hydrogens (tertiary/aromatic N) is 4. The van der Waals surface area contributed by atoms with Crippen LogP contribution in [0, 0.1) is 5.92 Å². The third-order valence-electron chi connectivity index (χ3n) is 7.98. The molecule has 3 aliphatic rings. The fourth-order valence-corrected chi connectivity index (χ4v) is 6.30. The summed E-state index contributed by atoms with van der Waals surface area (Å²) < 4.78 is 13.5. The van der Waals surface area contributed by atoms with Crippen molar-refractivity contribution in [2.75, 3.05) is 39.5 Å². The third kappa shape index (κ3) is 4.67. The van der Waals surface area contributed by atoms with E-state index >= 15 is 0 Å². The fraction of sp³-hybridized carbons (Fsp3) is 0.500. The monoisotopic (exact) mass is 474 g/mol. The lowest BCUT2D eigenvalue weighted by molar-refractivity contribution is 0.0320. The van der Waals surface area contributed by atoms with E-state index in [-0.39, 0.29) is 5.91 Å². The number of hydrogen-bond acceptors (Lipinski definition) is 5. The summed E-state index contributed by atoms with van der Waals surface area (Å²) in [6.07, 6.45) is 9.25. The lowest BCUT2D eigenvalue weighted by Crippen LogP contribution is -2.47. The molecule has 2 atom stereocenters. The van der Waals surface area contributed by atoms with E-state index < -0.39 is 0 Å². The first kappa shape index (κ1) is 22.6. The molecule has 3 aliphatic heterocycles. The molecule has 3 aromatic rings. The molecule has 0 saturated carbocycles. The number of morpholine rings is 1. The van der Waals surface area contributed by atoms with Crippen molar-refractivity contribution in [3.63, 3.8) is 0 Å². The smallest absolute Gasteiger partial charge is 0.258 e. The lowest BCUT2D eigenvalue weighted by Gasteiger charge is -2.39. The molecule has 3 fully saturated rings. The van der Waals surface area contributed by atoms with Crippen LogP contribution in [0.25, 0.3) is 5.52 Å². The number of carbonyl (C=O) groups excluding carboxylic acids is 1. The van der Waals surface area contributed by atoms with Gasteiger partial charge in [-0.05, 0) is 67.9 Å². The van der Waals surface area contributed by atoms with Crippen LogP contribution in [0.3, 0.4) is 0 Å². The normalized spacial score (nSPS) is 24.7. The first-order valence-electron chi connectivity index (χ1n) is 13.0. The zero-order valence-corrected chi connectivity index (χ0v) is 20.2. The molecule has 0 N–H and O–H groups in total. The summed E-state index contributed by atoms with van der Waals surface area (Å²) in [7, 11) is 0. The Morgan fingerprint density at radius 1 is 1.03 bits per heavy atom. The van der Waals surface area contributed by atoms with Gasteiger partial charge in [0.2, 0.25) is 0 Å². The van der Waals surface area contributed by atoms with Gasteiger partial charge in [0, 0.05) is 44.1 Å². The van der Waals surface area contributed by atoms with E-state index in [1.165, 1.54) is 11.1 Å². The number of rotatable bonds is 7. The average molecular weight is 475 g/mol. The van der Waals surface area contributed by atoms with Gasteiger partial charge in [0.25, 0.3) is 5.91 Å². The second-order valence-corrected chi connectivity index (χ2v) is 10.1. The van der Waals surface area contributed by atoms with E-state index in [1.54, 1.807) is 0 Å². The summed E-state index contributed by atoms with van der Waals surface area (Å²) in [5, 5.41) is 4.38. The summed E-state index contributed by atoms with van der Waals surface area (Å²) in [6.45, 7) is 4.89. The Bertz CT molecular complexity index is 1160. The minimum atomic E-state index is 0.135. The minimum Gasteiger partial charge on any atom is -0.491 e. The highest BCUT2D eigenvalue weighted by Crippen LogP contribution is 2.41. The maximum atomic E-state index is 13.8. The van der Waals surface area contributed by atoms with Gasteiger partial charge in [-0.3, -0.25) is 9.69 Å². The van der Waals surface area contributed by atoms with Gasteiger partial charge in [0.15, 0.2) is 0 Å². The van der Waals surface area contributed by atoms with Gasteiger partial charge in [-0.15, -0.1) is 0 Å². The molecule has 5 heterocycles. The van der Waals surface area contributed by atoms with Crippen LogP contribution < -0.4 is 4.74 Å². The molecule has 35 heavy (non-hydrogen) atoms. The number of aromatic nitrogens is 2. The van der Waals surface area contributed by atoms with Gasteiger partial charge in [-0.1, -0.05) is 18.2 Å². The maximum absolute atomic E-state index is 13.8. The van der Waals surface area contributed by atoms with Crippen molar-refractivity contribution in [3.05, 3.63) is 66.0 Å². The zero-order valence-electron chi connectivity index (χ0n) is 20.2. The lowest BCUT2D eigenvalue weighted by atomic mass is 9.85. The Kier molecular flexibility index (Phi) is 6.44. The van der Waals surface area contributed by atoms with Gasteiger partial charge in [-0.25, -0.2) is 4.52 Å². The number of benzene rings is 1. The van der Waals surface area contributed by atoms with E-state index in [4.69, 9.17) is 9.47 Å². The van der Waals surface area contributed by atoms with Crippen LogP contribution in [0.4, 0.5) is 0 Å². The highest BCUT2D eigenvalue weighted by atomic mass is 16.5. The summed E-state index contributed by atoms with van der Waals surface area (Å²) in [4.78, 5) is 18.3. The molecule has 2 aromatic heterocycles. The number of pyridine rings is 1. The van der Waals surface area contributed by atoms with E-state index in [1.807, 2.05) is 41.2 Å². The molecular formula is C28H34N4O3. The number of piperidine rings is 1. The highest BCUT2D eigenvalue weighted by Gasteiger charge is 2.43. The van der Waals surface area contributed by atoms with Crippen molar-refractivity contribution in [3.8, 4) is 5.75 Å². The van der Waals surface area contributed by atoms with Crippen molar-refractivity contribution in [2.45, 2.75) is 44.2 Å². The quantitative estimate of drug-likeness (QED) is 0.523. The molecule has 0 aliphatic carbocycles. The Morgan fingerprint density at radius 3 is 2.66 bits per heavy atom. The molecule has 0 unspecified atom stereocenters. The number of hydrogen-bond donors (Lipinski definition) is 0. The van der Waals surface area contributed by atoms with Gasteiger partial charge < -0.3 is 14.4 Å². The van der Waals surface area contributed by atoms with E-state index in [0.29, 0.717) is 35.9 Å². The summed E-state index contributed by atoms with van der Waals surface area (Å²) in [5.41, 5.74) is 3.25. The van der Waals surface area contributed by atoms with Crippen LogP contribution in [0.15, 0.2) is 54.9 Å². The van der Waals surface area contributed by atoms with Crippen LogP contribution in [0.5, 0.6) is 5.75 Å². The number of ether oxygens (including phenoxy) is 2. The Labute approximate surface area is 206 Å². The fourth-order valence-electron chi connectivity index (χ4n) is 6.30. The molecule has 3 saturated heterocycles. The molecule has 2 bridgehead atoms. The Morgan fingerprint density at radius 2 is 1.83 bits per heavy atom. The van der Waals surface area contributed by atoms with Crippen molar-refractivity contribution in [2.24, 2.45) is 5.92 Å². The molecular weight excluding hydrogens is 440 g/mol. The first-order chi connectivity index (χ1) is 17.3. The predicted octanol–water partition coefficient (Wildman–Crippen LogP) is 3.67. The molecule has 7 nitrogen and oxygen atoms in total. The van der Waals surface area contributed by atoms with Crippen molar-refractivity contribution < 1.29 is 14.3 Å². The van der Waals surface area contributed by atoms with Gasteiger partial charge in [0.1, 0.15) is 12.4 Å². The molecule has 1 aromatic carbocycles. The second-order valence-electron chi connectivity index (χ2n) is 10.1. The van der Waals surface area contributed by atoms with Gasteiger partial charge in [0.05, 0.1) is 24.3 Å². The van der Waals surface area contributed by atoms with E-state index in [2.05, 4.69) is 33.1 Å². The second kappa shape index (κ2) is 9.99. The first-order valence-corrected chi connectivity index (χ1v) is 13.0. The van der Waals surface area contributed by atoms with Crippen LogP contribution in [0.1, 0.15) is 41.6 Å². The number of para-hydroxylation sites is 1. The molecule has 184 valence electrons. The SMILES string of the molecule is O=C(c1ccccc1OCCN1CCOCC1)N1[C@H]2CC[C@H]1CC(Cc1cccn3nccc13)C2. The Balaban J connectivity index is 1.11. The Hall–Kier alpha value is -2.90. The minimum absolute atomic E-state index is 0.135. The van der Waals surface area contributed by atoms with Gasteiger partial charge >= 0.3 is 0 Å². The van der Waals surface area contributed by atoms with Crippen LogP contribution in [-0.2, 0) is 11.2 Å². The van der Waals surface area contributed by atoms with Gasteiger partial charge in [-0.2, -0.15) is 5.10 Å². The number of amides is 1. The van der Waals surface area contributed by atoms with Crippen LogP contribution in [0.2, 0.25) is 0 Å². The summed E-state index contributed by atoms with van der Waals surface area (Å²) in [6, 6.07) is 14.8. The molecule has 0 radical (unpaired) electrons. The summed E-state index contributed by atoms with van der Waals surface area (Å²) >= 11 is 0. The standard InChI is InChI=1S/C28H34N4O3/c33-28(25-5-1-2-6-27(25)35-17-14-30-12-15-34-16-13-30)32-23-7-8-24(32)20-21(19-23)18-22-4-3-11-31-26(22)9-10-29-31/h1-6,9-11,21,23-24H,7-8,12-20H2/t23-,24-/m0/s1. The van der Waals surface area contributed by atoms with Crippen LogP contribution in [-0.4, -0.2) is 76.9 Å².